The van der Waals surface area contributed by atoms with Crippen LogP contribution in [0.2, 0.25) is 0 Å². The van der Waals surface area contributed by atoms with E-state index in [9.17, 15) is 74.7 Å². The highest BCUT2D eigenvalue weighted by molar-refractivity contribution is 9.08. The van der Waals surface area contributed by atoms with E-state index in [1.165, 1.54) is 37.2 Å². The summed E-state index contributed by atoms with van der Waals surface area (Å²) in [6.45, 7) is 12.9. The third-order valence-electron chi connectivity index (χ3n) is 17.3. The smallest absolute Gasteiger partial charge is 0.408 e. The van der Waals surface area contributed by atoms with Crippen LogP contribution in [-0.4, -0.2) is 162 Å². The second-order valence-electron chi connectivity index (χ2n) is 27.5. The molecule has 4 atom stereocenters. The molecule has 0 saturated heterocycles. The number of nitrogens with two attached hydrogens (primary N) is 3. The van der Waals surface area contributed by atoms with Gasteiger partial charge >= 0.3 is 35.5 Å². The van der Waals surface area contributed by atoms with E-state index in [1.807, 2.05) is 140 Å². The molecule has 38 heteroatoms. The maximum absolute atomic E-state index is 12.7. The molecule has 0 bridgehead atoms. The number of hydrogen-bond acceptors (Lipinski definition) is 30. The zero-order valence-electron chi connectivity index (χ0n) is 68.9. The van der Waals surface area contributed by atoms with Crippen LogP contribution in [0.25, 0.3) is 0 Å². The number of nitrogens with zero attached hydrogens (tertiary/aromatic N) is 15. The Balaban J connectivity index is 0.000000203. The van der Waals surface area contributed by atoms with Gasteiger partial charge in [-0.3, -0.25) is 44.8 Å². The number of anilines is 4. The van der Waals surface area contributed by atoms with Gasteiger partial charge in [0.1, 0.15) is 42.6 Å². The van der Waals surface area contributed by atoms with Gasteiger partial charge < -0.3 is 67.1 Å². The van der Waals surface area contributed by atoms with E-state index >= 15 is 0 Å². The average Bonchev–Trinajstić information content (AvgIpc) is 0.802. The molecule has 650 valence electrons. The van der Waals surface area contributed by atoms with Gasteiger partial charge in [-0.1, -0.05) is 162 Å². The van der Waals surface area contributed by atoms with Gasteiger partial charge in [0.05, 0.1) is 47.8 Å². The molecule has 10 heterocycles. The molecule has 37 nitrogen and oxygen atoms in total. The van der Waals surface area contributed by atoms with E-state index in [2.05, 4.69) is 61.1 Å². The summed E-state index contributed by atoms with van der Waals surface area (Å²) in [4.78, 5) is 136. The Morgan fingerprint density at radius 3 is 1.25 bits per heavy atom. The molecule has 0 radical (unpaired) electrons. The Labute approximate surface area is 726 Å². The maximum atomic E-state index is 12.7. The van der Waals surface area contributed by atoms with Gasteiger partial charge in [0, 0.05) is 83.6 Å². The summed E-state index contributed by atoms with van der Waals surface area (Å²) >= 11 is 3.13. The van der Waals surface area contributed by atoms with Crippen molar-refractivity contribution < 1.29 is 73.4 Å². The maximum Gasteiger partial charge on any atom is 0.408 e. The first-order chi connectivity index (χ1) is 59.9. The number of hydroxylamine groups is 3. The van der Waals surface area contributed by atoms with Crippen molar-refractivity contribution in [2.45, 2.75) is 109 Å². The summed E-state index contributed by atoms with van der Waals surface area (Å²) in [5, 5.41) is 64.7. The standard InChI is InChI=1S/C23H21N3O4.C17H17NO2.C13H17N3O4.2C8H9N3O2.C6H5BrN2O2.C6H6N2O2.C6H8N2/c1-2-30-23(27)20(16-19-14-9-15-24-22(19)26(28)29)25-21(17-10-5-3-6-11-17)18-12-7-4-8-13-18;1-2-20-16(19)13-18-17(14-9-5-3-6-10-14)15-11-7-4-8-12-15;1-13(2,3)20-12(18)15-9-7-8-5-4-6-14-10(8)16(19)11(9)17;2*9-6-4-5-2-1-3-10-7(5)11(13)8(6)12;7-4-5-2-1-3-8-6(5)9(10)11;1-5-3-2-4-7-6(5)8(9)10;1-5-3-2-4-8-6(5)7/h3-15,20H,2,16H2,1H3;3-12H,2,13H2,1H3;4-6,9,19H,7H2,1-3H3,(H,15,18);2*1-3,6,13H,4,9H2;1-3H,4H2;2-4H,1H3;2-4H,1H3,(H2,7,8). The largest absolute Gasteiger partial charge is 0.465 e. The number of fused-ring (bicyclic) bond motifs is 3. The summed E-state index contributed by atoms with van der Waals surface area (Å²) in [7, 11) is 0. The normalized spacial score (nSPS) is 13.9. The van der Waals surface area contributed by atoms with Crippen LogP contribution in [0.4, 0.5) is 45.5 Å². The third kappa shape index (κ3) is 30.1. The van der Waals surface area contributed by atoms with Crippen LogP contribution in [0.15, 0.2) is 260 Å². The highest BCUT2D eigenvalue weighted by Crippen LogP contribution is 2.28. The summed E-state index contributed by atoms with van der Waals surface area (Å²) in [6, 6.07) is 59.6. The number of aliphatic imine (C=N–C) groups is 2. The molecule has 0 fully saturated rings. The number of nitro groups is 3. The molecule has 14 rings (SSSR count). The number of aromatic nitrogens is 7. The van der Waals surface area contributed by atoms with Gasteiger partial charge in [-0.05, 0) is 161 Å². The SMILES string of the molecule is CC(C)(C)OC(=O)NC1Cc2cccnc2N(O)C1=O.CCOC(=O)C(Cc1cccnc1[N+](=O)[O-])N=C(c1ccccc1)c1ccccc1.CCOC(=O)CN=C(c1ccccc1)c1ccccc1.Cc1cccnc1N.Cc1cccnc1[N+](=O)[O-].NC1Cc2cccnc2N(O)C1=O.NC1Cc2cccnc2N(O)C1=O.O=[N+]([O-])c1ncccc1CBr. The molecule has 125 heavy (non-hydrogen) atoms. The number of amides is 4. The lowest BCUT2D eigenvalue weighted by Gasteiger charge is -2.29. The number of hydrogen-bond donors (Lipinski definition) is 7. The van der Waals surface area contributed by atoms with Crippen molar-refractivity contribution in [1.82, 2.24) is 40.2 Å². The van der Waals surface area contributed by atoms with Crippen LogP contribution in [-0.2, 0) is 69.2 Å². The molecular formula is C87H92BrN19O18. The van der Waals surface area contributed by atoms with Crippen LogP contribution in [0.5, 0.6) is 0 Å². The van der Waals surface area contributed by atoms with E-state index in [0.717, 1.165) is 44.7 Å². The van der Waals surface area contributed by atoms with E-state index in [-0.39, 0.29) is 66.9 Å². The molecular weight excluding hydrogens is 1680 g/mol. The zero-order chi connectivity index (χ0) is 91.1. The van der Waals surface area contributed by atoms with Gasteiger partial charge in [-0.15, -0.1) is 0 Å². The number of carbonyl (C=O) groups is 6. The number of nitrogen functional groups attached to an aromatic ring is 1. The zero-order valence-corrected chi connectivity index (χ0v) is 70.5. The number of esters is 2. The minimum Gasteiger partial charge on any atom is -0.465 e. The monoisotopic (exact) mass is 1770 g/mol. The van der Waals surface area contributed by atoms with Crippen molar-refractivity contribution in [3.8, 4) is 0 Å². The fourth-order valence-electron chi connectivity index (χ4n) is 11.4. The minimum absolute atomic E-state index is 0.00610. The van der Waals surface area contributed by atoms with Crippen molar-refractivity contribution in [2.24, 2.45) is 21.5 Å². The highest BCUT2D eigenvalue weighted by Gasteiger charge is 2.36. The van der Waals surface area contributed by atoms with E-state index < -0.39 is 74.3 Å². The number of pyridine rings is 7. The number of rotatable bonds is 17. The minimum atomic E-state index is -0.955. The molecule has 0 saturated carbocycles. The summed E-state index contributed by atoms with van der Waals surface area (Å²) in [5.74, 6) is -1.55. The predicted octanol–water partition coefficient (Wildman–Crippen LogP) is 11.9. The second-order valence-corrected chi connectivity index (χ2v) is 28.1. The first kappa shape index (κ1) is 97.3. The number of alkyl carbamates (subject to hydrolysis) is 1. The highest BCUT2D eigenvalue weighted by atomic mass is 79.9. The van der Waals surface area contributed by atoms with Crippen molar-refractivity contribution >= 4 is 104 Å². The Bertz CT molecular complexity index is 5340. The number of halogens is 1. The van der Waals surface area contributed by atoms with E-state index in [1.54, 1.807) is 121 Å². The van der Waals surface area contributed by atoms with Crippen molar-refractivity contribution in [3.05, 3.63) is 341 Å². The topological polar surface area (TPSA) is 535 Å². The Morgan fingerprint density at radius 1 is 0.504 bits per heavy atom. The van der Waals surface area contributed by atoms with Crippen LogP contribution < -0.4 is 37.7 Å². The molecule has 10 N–H and O–H groups in total. The van der Waals surface area contributed by atoms with Crippen molar-refractivity contribution in [3.63, 3.8) is 0 Å². The summed E-state index contributed by atoms with van der Waals surface area (Å²) < 4.78 is 15.2. The molecule has 4 aromatic carbocycles. The predicted molar refractivity (Wildman–Crippen MR) is 467 cm³/mol. The molecule has 3 aliphatic heterocycles. The molecule has 11 aromatic rings. The molecule has 3 aliphatic rings. The van der Waals surface area contributed by atoms with Crippen molar-refractivity contribution in [1.29, 1.82) is 0 Å². The number of aryl methyl sites for hydroxylation is 2. The summed E-state index contributed by atoms with van der Waals surface area (Å²) in [5.41, 5.74) is 25.6. The lowest BCUT2D eigenvalue weighted by atomic mass is 10.0. The molecule has 4 unspecified atom stereocenters. The summed E-state index contributed by atoms with van der Waals surface area (Å²) in [6.07, 6.45) is 10.8. The Kier molecular flexibility index (Phi) is 38.3. The molecule has 0 aliphatic carbocycles. The fraction of sp³-hybridized carbons (Fsp3) is 0.230. The first-order valence-electron chi connectivity index (χ1n) is 38.4. The Morgan fingerprint density at radius 2 is 0.872 bits per heavy atom. The molecule has 0 spiro atoms. The van der Waals surface area contributed by atoms with Gasteiger partial charge in [0.15, 0.2) is 23.5 Å². The average molecular weight is 1770 g/mol. The van der Waals surface area contributed by atoms with Gasteiger partial charge in [-0.25, -0.2) is 29.5 Å². The van der Waals surface area contributed by atoms with Crippen LogP contribution in [0.1, 0.15) is 95.8 Å². The number of benzene rings is 4. The lowest BCUT2D eigenvalue weighted by Crippen LogP contribution is -2.53. The van der Waals surface area contributed by atoms with Crippen LogP contribution >= 0.6 is 15.9 Å². The lowest BCUT2D eigenvalue weighted by molar-refractivity contribution is -0.390. The fourth-order valence-corrected chi connectivity index (χ4v) is 11.9. The first-order valence-corrected chi connectivity index (χ1v) is 39.5. The van der Waals surface area contributed by atoms with Crippen LogP contribution in [0, 0.1) is 44.2 Å². The van der Waals surface area contributed by atoms with E-state index in [4.69, 9.17) is 36.4 Å². The van der Waals surface area contributed by atoms with Crippen molar-refractivity contribution in [2.75, 3.05) is 40.7 Å². The van der Waals surface area contributed by atoms with Gasteiger partial charge in [0.2, 0.25) is 0 Å². The van der Waals surface area contributed by atoms with Gasteiger partial charge in [-0.2, -0.15) is 15.2 Å². The van der Waals surface area contributed by atoms with E-state index in [0.29, 0.717) is 73.8 Å². The third-order valence-corrected chi connectivity index (χ3v) is 17.9. The number of nitrogens with one attached hydrogen (secondary N) is 1. The molecule has 7 aromatic heterocycles. The second kappa shape index (κ2) is 49.2. The number of alkyl halides is 1. The number of ether oxygens (including phenoxy) is 3. The number of carbonyl (C=O) groups excluding carboxylic acids is 6. The Hall–Kier alpha value is -14.8. The molecule has 4 amide bonds. The quantitative estimate of drug-likeness (QED) is 0.00846. The van der Waals surface area contributed by atoms with Crippen LogP contribution in [0.3, 0.4) is 0 Å². The van der Waals surface area contributed by atoms with Gasteiger partial charge in [0.25, 0.3) is 17.7 Å².